The number of imidazole rings is 1. The van der Waals surface area contributed by atoms with Crippen molar-refractivity contribution < 1.29 is 13.4 Å². The third-order valence-corrected chi connectivity index (χ3v) is 14.9. The first kappa shape index (κ1) is 151. The molecule has 12 heterocycles. The molecule has 135 heavy (non-hydrogen) atoms. The van der Waals surface area contributed by atoms with E-state index in [9.17, 15) is 0 Å². The van der Waals surface area contributed by atoms with Gasteiger partial charge in [0.15, 0.2) is 18.0 Å². The van der Waals surface area contributed by atoms with Crippen molar-refractivity contribution in [3.05, 3.63) is 196 Å². The molecule has 0 radical (unpaired) electrons. The number of H-pyrrole nitrogens is 3. The Kier molecular flexibility index (Phi) is 136. The number of nitrogens with zero attached hydrogens (tertiary/aromatic N) is 21. The molecule has 0 aliphatic carbocycles. The van der Waals surface area contributed by atoms with Crippen molar-refractivity contribution in [2.45, 2.75) is 480 Å². The maximum absolute atomic E-state index is 4.98. The zero-order valence-corrected chi connectivity index (χ0v) is 97.3. The number of thiazole rings is 1. The Hall–Kier alpha value is -9.03. The Morgan fingerprint density at radius 2 is 0.800 bits per heavy atom. The van der Waals surface area contributed by atoms with Crippen LogP contribution in [-0.2, 0) is 0 Å². The van der Waals surface area contributed by atoms with Crippen LogP contribution in [0.3, 0.4) is 0 Å². The molecule has 12 aromatic rings. The molecule has 0 saturated heterocycles. The van der Waals surface area contributed by atoms with Gasteiger partial charge in [-0.15, -0.1) is 53.3 Å². The minimum Gasteiger partial charge on any atom is -0.449 e. The van der Waals surface area contributed by atoms with Gasteiger partial charge in [0.1, 0.15) is 51.9 Å². The molecule has 0 fully saturated rings. The van der Waals surface area contributed by atoms with Crippen molar-refractivity contribution in [1.29, 1.82) is 0 Å². The number of aromatic nitrogens is 24. The van der Waals surface area contributed by atoms with Crippen LogP contribution < -0.4 is 0 Å². The summed E-state index contributed by atoms with van der Waals surface area (Å²) >= 11 is 4.80. The summed E-state index contributed by atoms with van der Waals surface area (Å²) in [6.45, 7) is 101. The van der Waals surface area contributed by atoms with Crippen LogP contribution in [0.2, 0.25) is 0 Å². The molecule has 780 valence electrons. The molecule has 0 aromatic carbocycles. The maximum Gasteiger partial charge on any atom is 0.228 e. The normalized spacial score (nSPS) is 9.16. The van der Waals surface area contributed by atoms with Gasteiger partial charge in [-0.2, -0.15) is 19.7 Å². The van der Waals surface area contributed by atoms with Gasteiger partial charge in [-0.1, -0.05) is 426 Å². The summed E-state index contributed by atoms with van der Waals surface area (Å²) < 4.78 is 18.5. The van der Waals surface area contributed by atoms with Gasteiger partial charge in [0.2, 0.25) is 18.2 Å². The van der Waals surface area contributed by atoms with E-state index >= 15 is 0 Å². The van der Waals surface area contributed by atoms with Crippen molar-refractivity contribution in [3.8, 4) is 0 Å². The number of pyridine rings is 1. The lowest BCUT2D eigenvalue weighted by molar-refractivity contribution is 0.364. The standard InChI is InChI=1S/C8H11N.2C7H10N2.C6H10N2.C6H9NO.C6H9NS.C5H9N3.2C5H8N2O.2C5H8N2S.C4H8N4.12C3H8/c1-7(2)8-5-3-4-6-9-8;1-6(2)7-5-8-3-4-9-7;1-6(2)7-8-4-3-5-9-7;3*1-5(2)6-7-3-4-8-6;1-4(2)5-6-3-7-8-5;1-4(2)5-7-6-3-8-5;1-4(2)5-6-3-7-8-5;1-4(2)5-7-6-3-8-5;1-4(2)5-6-3-7-8-5;1-3(2)4-5-7-8-6-4;12*1-3-2/h3-7H,1-2H3;2*3-6H,1-2H3;3-5H,1-2H3,(H,7,8);2*3-5H,1-2H3;3-4H,1-2H3,(H,6,7,8);4*3-4H,1-2H3;3H,1-2H3,(H,5,6,7,8);12*3H2,1-2H3. The van der Waals surface area contributed by atoms with E-state index in [-0.39, 0.29) is 0 Å². The van der Waals surface area contributed by atoms with Crippen molar-refractivity contribution in [3.63, 3.8) is 0 Å². The number of nitrogens with one attached hydrogen (secondary N) is 3. The van der Waals surface area contributed by atoms with Gasteiger partial charge in [0, 0.05) is 126 Å². The summed E-state index contributed by atoms with van der Waals surface area (Å²) in [4.78, 5) is 47.4. The molecule has 0 bridgehead atoms. The number of hydrogen-bond acceptors (Lipinski definition) is 27. The molecule has 0 saturated carbocycles. The highest BCUT2D eigenvalue weighted by molar-refractivity contribution is 7.09. The highest BCUT2D eigenvalue weighted by Gasteiger charge is 2.07. The lowest BCUT2D eigenvalue weighted by Crippen LogP contribution is -1.93. The predicted molar refractivity (Wildman–Crippen MR) is 585 cm³/mol. The van der Waals surface area contributed by atoms with Crippen LogP contribution in [0.1, 0.15) is 548 Å². The number of oxazole rings is 1. The van der Waals surface area contributed by atoms with Crippen molar-refractivity contribution in [2.75, 3.05) is 0 Å². The highest BCUT2D eigenvalue weighted by Crippen LogP contribution is 2.18. The van der Waals surface area contributed by atoms with Crippen molar-refractivity contribution >= 4 is 34.2 Å². The van der Waals surface area contributed by atoms with Gasteiger partial charge in [0.25, 0.3) is 0 Å². The zero-order chi connectivity index (χ0) is 106. The van der Waals surface area contributed by atoms with Crippen LogP contribution in [0.4, 0.5) is 0 Å². The van der Waals surface area contributed by atoms with Crippen LogP contribution in [-0.4, -0.2) is 121 Å². The first-order valence-electron chi connectivity index (χ1n) is 50.0. The second-order valence-electron chi connectivity index (χ2n) is 33.3. The number of rotatable bonds is 12. The van der Waals surface area contributed by atoms with Gasteiger partial charge in [0.05, 0.1) is 16.9 Å². The monoisotopic (exact) mass is 1950 g/mol. The molecule has 27 nitrogen and oxygen atoms in total. The van der Waals surface area contributed by atoms with Gasteiger partial charge in [-0.25, -0.2) is 34.9 Å². The van der Waals surface area contributed by atoms with E-state index in [2.05, 4.69) is 398 Å². The fourth-order valence-corrected chi connectivity index (χ4v) is 7.94. The Bertz CT molecular complexity index is 3070. The molecule has 12 rings (SSSR count). The average molecular weight is 1950 g/mol. The van der Waals surface area contributed by atoms with Crippen LogP contribution in [0.5, 0.6) is 0 Å². The van der Waals surface area contributed by atoms with E-state index < -0.39 is 0 Å². The van der Waals surface area contributed by atoms with Crippen molar-refractivity contribution in [1.82, 2.24) is 121 Å². The fraction of sp³-hybridized carbons (Fsp3) is 0.686. The molecular weight excluding hydrogens is 1740 g/mol. The second kappa shape index (κ2) is 121. The summed E-state index contributed by atoms with van der Waals surface area (Å²) in [6.07, 6.45) is 40.2. The topological polar surface area (TPSA) is 357 Å². The lowest BCUT2D eigenvalue weighted by Gasteiger charge is -2.00. The van der Waals surface area contributed by atoms with Crippen LogP contribution >= 0.6 is 34.2 Å². The molecule has 0 atom stereocenters. The van der Waals surface area contributed by atoms with E-state index in [1.807, 2.05) is 104 Å². The Morgan fingerprint density at radius 3 is 1.00 bits per heavy atom. The zero-order valence-electron chi connectivity index (χ0n) is 94.9. The van der Waals surface area contributed by atoms with Gasteiger partial charge < -0.3 is 18.3 Å². The van der Waals surface area contributed by atoms with E-state index in [4.69, 9.17) is 13.4 Å². The number of aromatic amines is 3. The molecule has 30 heteroatoms. The number of hydrogen-bond donors (Lipinski definition) is 3. The summed E-state index contributed by atoms with van der Waals surface area (Å²) in [7, 11) is 0. The van der Waals surface area contributed by atoms with Crippen molar-refractivity contribution in [2.24, 2.45) is 0 Å². The summed E-state index contributed by atoms with van der Waals surface area (Å²) in [5.41, 5.74) is 3.98. The van der Waals surface area contributed by atoms with Gasteiger partial charge >= 0.3 is 0 Å². The average Bonchev–Trinajstić information content (AvgIpc) is 1.45. The Morgan fingerprint density at radius 1 is 0.326 bits per heavy atom. The van der Waals surface area contributed by atoms with E-state index in [0.29, 0.717) is 82.8 Å². The molecule has 0 spiro atoms. The predicted octanol–water partition coefficient (Wildman–Crippen LogP) is 35.0. The van der Waals surface area contributed by atoms with Crippen LogP contribution in [0.25, 0.3) is 0 Å². The maximum atomic E-state index is 4.98. The summed E-state index contributed by atoms with van der Waals surface area (Å²) in [5, 5.41) is 43.6. The van der Waals surface area contributed by atoms with Gasteiger partial charge in [-0.05, 0) is 41.6 Å². The lowest BCUT2D eigenvalue weighted by atomic mass is 10.1. The summed E-state index contributed by atoms with van der Waals surface area (Å²) in [5.74, 6) is 11.5. The first-order chi connectivity index (χ1) is 64.1. The minimum absolute atomic E-state index is 0.345. The molecule has 3 N–H and O–H groups in total. The smallest absolute Gasteiger partial charge is 0.228 e. The fourth-order valence-electron chi connectivity index (χ4n) is 6.21. The molecule has 0 aliphatic rings. The quantitative estimate of drug-likeness (QED) is 0.102. The highest BCUT2D eigenvalue weighted by atomic mass is 32.1. The van der Waals surface area contributed by atoms with Crippen LogP contribution in [0.15, 0.2) is 142 Å². The van der Waals surface area contributed by atoms with E-state index in [1.54, 1.807) is 84.2 Å². The van der Waals surface area contributed by atoms with E-state index in [0.717, 1.165) is 50.6 Å². The molecular formula is C105H204N24O3S3. The molecule has 0 aliphatic heterocycles. The SMILES string of the molecule is CC(C)c1ccccn1.CC(C)c1cnccn1.CC(C)c1ncc[nH]1.CC(C)c1ncccn1.CC(C)c1ncco1.CC(C)c1nccs1.CC(C)c1ncn[nH]1.CC(C)c1ncno1.CC(C)c1ncns1.CC(C)c1nn[nH]n1.CC(C)c1nnco1.CC(C)c1nncs1.CCC.CCC.CCC.CCC.CCC.CCC.CCC.CCC.CCC.CCC.CCC.CCC. The van der Waals surface area contributed by atoms with Gasteiger partial charge in [-0.3, -0.25) is 20.1 Å². The van der Waals surface area contributed by atoms with E-state index in [1.165, 1.54) is 113 Å². The first-order valence-corrected chi connectivity index (χ1v) is 52.5. The Labute approximate surface area is 839 Å². The van der Waals surface area contributed by atoms with Crippen LogP contribution in [0, 0.1) is 0 Å². The molecule has 0 amide bonds. The third-order valence-electron chi connectivity index (χ3n) is 11.9. The molecule has 0 unspecified atom stereocenters. The summed E-state index contributed by atoms with van der Waals surface area (Å²) in [6, 6.07) is 7.82. The number of tetrazole rings is 1. The second-order valence-corrected chi connectivity index (χ2v) is 35.9. The third kappa shape index (κ3) is 119. The minimum atomic E-state index is 0.345. The Balaban J connectivity index is -0.000000118. The largest absolute Gasteiger partial charge is 0.449 e. The molecule has 12 aromatic heterocycles.